The third-order valence-corrected chi connectivity index (χ3v) is 4.11. The monoisotopic (exact) mass is 313 g/mol. The average molecular weight is 313 g/mol. The summed E-state index contributed by atoms with van der Waals surface area (Å²) < 4.78 is 14.2. The minimum absolute atomic E-state index is 0.0767. The van der Waals surface area contributed by atoms with Gasteiger partial charge in [0.05, 0.1) is 5.56 Å². The van der Waals surface area contributed by atoms with Crippen LogP contribution in [0.15, 0.2) is 36.4 Å². The zero-order valence-corrected chi connectivity index (χ0v) is 12.7. The molecule has 0 saturated heterocycles. The molecule has 0 unspecified atom stereocenters. The fourth-order valence-corrected chi connectivity index (χ4v) is 2.90. The van der Waals surface area contributed by atoms with Crippen LogP contribution < -0.4 is 4.90 Å². The van der Waals surface area contributed by atoms with E-state index in [1.807, 2.05) is 19.1 Å². The molecule has 0 spiro atoms. The molecule has 5 heteroatoms. The Bertz CT molecular complexity index is 801. The van der Waals surface area contributed by atoms with Crippen molar-refractivity contribution in [1.29, 1.82) is 0 Å². The molecule has 2 aromatic rings. The van der Waals surface area contributed by atoms with E-state index in [0.29, 0.717) is 24.1 Å². The number of hydrogen-bond donors (Lipinski definition) is 1. The van der Waals surface area contributed by atoms with Crippen molar-refractivity contribution < 1.29 is 19.1 Å². The van der Waals surface area contributed by atoms with Crippen LogP contribution >= 0.6 is 0 Å². The SMILES string of the molecule is CCC(=O)N1CCc2cc(-c3ccc(C(=O)O)cc3F)ccc21. The molecule has 1 aliphatic heterocycles. The summed E-state index contributed by atoms with van der Waals surface area (Å²) in [6.07, 6.45) is 1.19. The van der Waals surface area contributed by atoms with Crippen LogP contribution in [0, 0.1) is 5.82 Å². The fourth-order valence-electron chi connectivity index (χ4n) is 2.90. The molecule has 3 rings (SSSR count). The van der Waals surface area contributed by atoms with Crippen LogP contribution in [0.4, 0.5) is 10.1 Å². The minimum Gasteiger partial charge on any atom is -0.478 e. The van der Waals surface area contributed by atoms with Crippen LogP contribution in [-0.4, -0.2) is 23.5 Å². The number of nitrogens with zero attached hydrogens (tertiary/aromatic N) is 1. The molecule has 1 aliphatic rings. The topological polar surface area (TPSA) is 57.6 Å². The molecule has 1 N–H and O–H groups in total. The molecule has 0 atom stereocenters. The maximum Gasteiger partial charge on any atom is 0.335 e. The lowest BCUT2D eigenvalue weighted by atomic mass is 10.00. The Kier molecular flexibility index (Phi) is 3.86. The summed E-state index contributed by atoms with van der Waals surface area (Å²) in [6, 6.07) is 9.36. The number of carbonyl (C=O) groups is 2. The van der Waals surface area contributed by atoms with Gasteiger partial charge in [-0.25, -0.2) is 9.18 Å². The van der Waals surface area contributed by atoms with Crippen LogP contribution in [0.5, 0.6) is 0 Å². The van der Waals surface area contributed by atoms with Crippen molar-refractivity contribution in [2.24, 2.45) is 0 Å². The first-order valence-corrected chi connectivity index (χ1v) is 7.47. The van der Waals surface area contributed by atoms with Crippen molar-refractivity contribution >= 4 is 17.6 Å². The lowest BCUT2D eigenvalue weighted by Crippen LogP contribution is -2.27. The summed E-state index contributed by atoms with van der Waals surface area (Å²) in [5, 5.41) is 8.90. The molecular formula is C18H16FNO3. The molecule has 0 fully saturated rings. The van der Waals surface area contributed by atoms with Gasteiger partial charge in [0.1, 0.15) is 5.82 Å². The molecule has 0 aromatic heterocycles. The molecule has 1 heterocycles. The van der Waals surface area contributed by atoms with Gasteiger partial charge in [-0.1, -0.05) is 19.1 Å². The molecule has 2 aromatic carbocycles. The number of rotatable bonds is 3. The van der Waals surface area contributed by atoms with Gasteiger partial charge in [-0.2, -0.15) is 0 Å². The molecule has 0 saturated carbocycles. The van der Waals surface area contributed by atoms with Gasteiger partial charge in [0.25, 0.3) is 0 Å². The predicted octanol–water partition coefficient (Wildman–Crippen LogP) is 3.49. The highest BCUT2D eigenvalue weighted by Crippen LogP contribution is 2.33. The van der Waals surface area contributed by atoms with E-state index in [2.05, 4.69) is 0 Å². The van der Waals surface area contributed by atoms with Gasteiger partial charge >= 0.3 is 5.97 Å². The molecule has 0 aliphatic carbocycles. The second kappa shape index (κ2) is 5.83. The van der Waals surface area contributed by atoms with E-state index >= 15 is 0 Å². The quantitative estimate of drug-likeness (QED) is 0.943. The predicted molar refractivity (Wildman–Crippen MR) is 85.1 cm³/mol. The lowest BCUT2D eigenvalue weighted by molar-refractivity contribution is -0.118. The summed E-state index contributed by atoms with van der Waals surface area (Å²) in [7, 11) is 0. The second-order valence-corrected chi connectivity index (χ2v) is 5.49. The number of hydrogen-bond acceptors (Lipinski definition) is 2. The number of benzene rings is 2. The van der Waals surface area contributed by atoms with Crippen molar-refractivity contribution in [3.8, 4) is 11.1 Å². The number of carboxylic acid groups (broad SMARTS) is 1. The van der Waals surface area contributed by atoms with Crippen LogP contribution in [0.25, 0.3) is 11.1 Å². The van der Waals surface area contributed by atoms with E-state index < -0.39 is 11.8 Å². The molecule has 4 nitrogen and oxygen atoms in total. The van der Waals surface area contributed by atoms with E-state index in [0.717, 1.165) is 23.7 Å². The number of aromatic carboxylic acids is 1. The Morgan fingerprint density at radius 1 is 1.22 bits per heavy atom. The highest BCUT2D eigenvalue weighted by Gasteiger charge is 2.24. The zero-order chi connectivity index (χ0) is 16.6. The van der Waals surface area contributed by atoms with Crippen molar-refractivity contribution in [1.82, 2.24) is 0 Å². The minimum atomic E-state index is -1.15. The second-order valence-electron chi connectivity index (χ2n) is 5.49. The zero-order valence-electron chi connectivity index (χ0n) is 12.7. The fraction of sp³-hybridized carbons (Fsp3) is 0.222. The summed E-state index contributed by atoms with van der Waals surface area (Å²) >= 11 is 0. The standard InChI is InChI=1S/C18H16FNO3/c1-2-17(21)20-8-7-12-9-11(4-6-16(12)20)14-5-3-13(18(22)23)10-15(14)19/h3-6,9-10H,2,7-8H2,1H3,(H,22,23). The summed E-state index contributed by atoms with van der Waals surface area (Å²) in [4.78, 5) is 24.5. The number of carbonyl (C=O) groups excluding carboxylic acids is 1. The Morgan fingerprint density at radius 3 is 2.65 bits per heavy atom. The van der Waals surface area contributed by atoms with Gasteiger partial charge in [0.15, 0.2) is 0 Å². The highest BCUT2D eigenvalue weighted by atomic mass is 19.1. The first-order chi connectivity index (χ1) is 11.0. The van der Waals surface area contributed by atoms with Crippen LogP contribution in [0.1, 0.15) is 29.3 Å². The van der Waals surface area contributed by atoms with Gasteiger partial charge in [-0.15, -0.1) is 0 Å². The number of amides is 1. The van der Waals surface area contributed by atoms with Gasteiger partial charge in [0, 0.05) is 24.2 Å². The maximum absolute atomic E-state index is 14.2. The van der Waals surface area contributed by atoms with Gasteiger partial charge in [0.2, 0.25) is 5.91 Å². The summed E-state index contributed by atoms with van der Waals surface area (Å²) in [5.74, 6) is -1.64. The Labute approximate surface area is 133 Å². The van der Waals surface area contributed by atoms with Gasteiger partial charge in [-0.3, -0.25) is 4.79 Å². The van der Waals surface area contributed by atoms with E-state index in [1.54, 1.807) is 11.0 Å². The van der Waals surface area contributed by atoms with Gasteiger partial charge < -0.3 is 10.0 Å². The normalized spacial score (nSPS) is 13.0. The maximum atomic E-state index is 14.2. The van der Waals surface area contributed by atoms with Gasteiger partial charge in [-0.05, 0) is 41.8 Å². The number of halogens is 1. The van der Waals surface area contributed by atoms with E-state index in [-0.39, 0.29) is 11.5 Å². The molecule has 118 valence electrons. The Hall–Kier alpha value is -2.69. The summed E-state index contributed by atoms with van der Waals surface area (Å²) in [6.45, 7) is 2.47. The number of carboxylic acids is 1. The largest absolute Gasteiger partial charge is 0.478 e. The number of fused-ring (bicyclic) bond motifs is 1. The molecular weight excluding hydrogens is 297 g/mol. The van der Waals surface area contributed by atoms with E-state index in [4.69, 9.17) is 5.11 Å². The highest BCUT2D eigenvalue weighted by molar-refractivity contribution is 5.95. The smallest absolute Gasteiger partial charge is 0.335 e. The van der Waals surface area contributed by atoms with Crippen molar-refractivity contribution in [2.75, 3.05) is 11.4 Å². The summed E-state index contributed by atoms with van der Waals surface area (Å²) in [5.41, 5.74) is 2.85. The molecule has 0 radical (unpaired) electrons. The van der Waals surface area contributed by atoms with Crippen molar-refractivity contribution in [2.45, 2.75) is 19.8 Å². The van der Waals surface area contributed by atoms with Crippen LogP contribution in [0.2, 0.25) is 0 Å². The van der Waals surface area contributed by atoms with E-state index in [1.165, 1.54) is 12.1 Å². The number of anilines is 1. The first-order valence-electron chi connectivity index (χ1n) is 7.47. The average Bonchev–Trinajstić information content (AvgIpc) is 2.97. The lowest BCUT2D eigenvalue weighted by Gasteiger charge is -2.16. The Balaban J connectivity index is 1.98. The van der Waals surface area contributed by atoms with Crippen LogP contribution in [0.3, 0.4) is 0 Å². The third-order valence-electron chi connectivity index (χ3n) is 4.11. The molecule has 0 bridgehead atoms. The Morgan fingerprint density at radius 2 is 2.00 bits per heavy atom. The van der Waals surface area contributed by atoms with Crippen molar-refractivity contribution in [3.63, 3.8) is 0 Å². The van der Waals surface area contributed by atoms with E-state index in [9.17, 15) is 14.0 Å². The molecule has 1 amide bonds. The third kappa shape index (κ3) is 2.70. The first kappa shape index (κ1) is 15.2. The van der Waals surface area contributed by atoms with Crippen LogP contribution in [-0.2, 0) is 11.2 Å². The van der Waals surface area contributed by atoms with Crippen molar-refractivity contribution in [3.05, 3.63) is 53.3 Å². The molecule has 23 heavy (non-hydrogen) atoms.